The fraction of sp³-hybridized carbons (Fsp3) is 0.625. The summed E-state index contributed by atoms with van der Waals surface area (Å²) < 4.78 is 6.03. The molecule has 1 saturated carbocycles. The first-order valence-electron chi connectivity index (χ1n) is 7.37. The van der Waals surface area contributed by atoms with Crippen LogP contribution >= 0.6 is 23.2 Å². The van der Waals surface area contributed by atoms with Crippen LogP contribution < -0.4 is 0 Å². The van der Waals surface area contributed by atoms with Crippen molar-refractivity contribution in [1.82, 2.24) is 0 Å². The van der Waals surface area contributed by atoms with Crippen molar-refractivity contribution in [3.05, 3.63) is 33.8 Å². The maximum absolute atomic E-state index is 10.7. The SMILES string of the molecule is OC(c1ccc(Cl)cc1Cl)C1CCOC2(CCCC2)C1. The predicted molar refractivity (Wildman–Crippen MR) is 81.3 cm³/mol. The Labute approximate surface area is 130 Å². The second kappa shape index (κ2) is 5.84. The van der Waals surface area contributed by atoms with Gasteiger partial charge < -0.3 is 9.84 Å². The van der Waals surface area contributed by atoms with Gasteiger partial charge in [0.25, 0.3) is 0 Å². The largest absolute Gasteiger partial charge is 0.388 e. The molecule has 1 aromatic carbocycles. The van der Waals surface area contributed by atoms with E-state index < -0.39 is 6.10 Å². The summed E-state index contributed by atoms with van der Waals surface area (Å²) >= 11 is 12.1. The van der Waals surface area contributed by atoms with Crippen LogP contribution in [0.2, 0.25) is 10.0 Å². The first-order valence-corrected chi connectivity index (χ1v) is 8.12. The second-order valence-electron chi connectivity index (χ2n) is 6.10. The summed E-state index contributed by atoms with van der Waals surface area (Å²) in [5.74, 6) is 0.223. The van der Waals surface area contributed by atoms with Gasteiger partial charge >= 0.3 is 0 Å². The Morgan fingerprint density at radius 3 is 2.70 bits per heavy atom. The zero-order chi connectivity index (χ0) is 14.2. The highest BCUT2D eigenvalue weighted by atomic mass is 35.5. The Morgan fingerprint density at radius 2 is 2.00 bits per heavy atom. The number of ether oxygens (including phenoxy) is 1. The molecule has 1 aliphatic carbocycles. The monoisotopic (exact) mass is 314 g/mol. The number of rotatable bonds is 2. The molecule has 1 spiro atoms. The minimum absolute atomic E-state index is 0.0167. The maximum atomic E-state index is 10.7. The van der Waals surface area contributed by atoms with E-state index in [1.165, 1.54) is 12.8 Å². The Bertz CT molecular complexity index is 483. The molecular weight excluding hydrogens is 295 g/mol. The zero-order valence-corrected chi connectivity index (χ0v) is 13.0. The standard InChI is InChI=1S/C16H20Cl2O2/c17-12-3-4-13(14(18)9-12)15(19)11-5-8-20-16(10-11)6-1-2-7-16/h3-4,9,11,15,19H,1-2,5-8,10H2. The van der Waals surface area contributed by atoms with Gasteiger partial charge in [0.1, 0.15) is 0 Å². The van der Waals surface area contributed by atoms with E-state index in [9.17, 15) is 5.11 Å². The lowest BCUT2D eigenvalue weighted by Crippen LogP contribution is -2.39. The molecule has 1 heterocycles. The van der Waals surface area contributed by atoms with Crippen LogP contribution in [-0.2, 0) is 4.74 Å². The van der Waals surface area contributed by atoms with Gasteiger partial charge in [-0.3, -0.25) is 0 Å². The van der Waals surface area contributed by atoms with E-state index >= 15 is 0 Å². The van der Waals surface area contributed by atoms with E-state index in [-0.39, 0.29) is 11.5 Å². The van der Waals surface area contributed by atoms with Crippen LogP contribution in [0.5, 0.6) is 0 Å². The molecule has 1 N–H and O–H groups in total. The minimum atomic E-state index is -0.527. The molecule has 0 radical (unpaired) electrons. The predicted octanol–water partition coefficient (Wildman–Crippen LogP) is 4.77. The lowest BCUT2D eigenvalue weighted by Gasteiger charge is -2.40. The summed E-state index contributed by atoms with van der Waals surface area (Å²) in [7, 11) is 0. The van der Waals surface area contributed by atoms with Gasteiger partial charge in [-0.05, 0) is 49.3 Å². The first-order chi connectivity index (χ1) is 9.60. The van der Waals surface area contributed by atoms with E-state index in [1.807, 2.05) is 6.07 Å². The summed E-state index contributed by atoms with van der Waals surface area (Å²) in [6.07, 6.45) is 6.04. The number of benzene rings is 1. The highest BCUT2D eigenvalue weighted by molar-refractivity contribution is 6.35. The van der Waals surface area contributed by atoms with E-state index in [2.05, 4.69) is 0 Å². The van der Waals surface area contributed by atoms with Crippen molar-refractivity contribution < 1.29 is 9.84 Å². The molecular formula is C16H20Cl2O2. The van der Waals surface area contributed by atoms with Crippen LogP contribution in [0.25, 0.3) is 0 Å². The third-order valence-corrected chi connectivity index (χ3v) is 5.34. The number of hydrogen-bond acceptors (Lipinski definition) is 2. The van der Waals surface area contributed by atoms with Gasteiger partial charge in [-0.25, -0.2) is 0 Å². The molecule has 3 rings (SSSR count). The van der Waals surface area contributed by atoms with E-state index in [0.717, 1.165) is 37.9 Å². The Balaban J connectivity index is 1.77. The van der Waals surface area contributed by atoms with Crippen LogP contribution in [-0.4, -0.2) is 17.3 Å². The van der Waals surface area contributed by atoms with Gasteiger partial charge in [-0.2, -0.15) is 0 Å². The topological polar surface area (TPSA) is 29.5 Å². The molecule has 2 aliphatic rings. The molecule has 0 amide bonds. The summed E-state index contributed by atoms with van der Waals surface area (Å²) in [5.41, 5.74) is 0.805. The van der Waals surface area contributed by atoms with Crippen molar-refractivity contribution in [2.45, 2.75) is 50.2 Å². The lowest BCUT2D eigenvalue weighted by atomic mass is 9.80. The molecule has 2 fully saturated rings. The van der Waals surface area contributed by atoms with Crippen LogP contribution in [0, 0.1) is 5.92 Å². The zero-order valence-electron chi connectivity index (χ0n) is 11.4. The van der Waals surface area contributed by atoms with Crippen LogP contribution in [0.15, 0.2) is 18.2 Å². The number of halogens is 2. The van der Waals surface area contributed by atoms with Crippen LogP contribution in [0.3, 0.4) is 0 Å². The van der Waals surface area contributed by atoms with Crippen LogP contribution in [0.4, 0.5) is 0 Å². The highest BCUT2D eigenvalue weighted by Crippen LogP contribution is 2.46. The third-order valence-electron chi connectivity index (χ3n) is 4.77. The molecule has 2 atom stereocenters. The summed E-state index contributed by atoms with van der Waals surface area (Å²) in [6.45, 7) is 0.743. The fourth-order valence-electron chi connectivity index (χ4n) is 3.70. The van der Waals surface area contributed by atoms with Crippen molar-refractivity contribution in [3.63, 3.8) is 0 Å². The molecule has 0 aromatic heterocycles. The summed E-state index contributed by atoms with van der Waals surface area (Å²) in [4.78, 5) is 0. The van der Waals surface area contributed by atoms with Gasteiger partial charge in [0.05, 0.1) is 11.7 Å². The van der Waals surface area contributed by atoms with Gasteiger partial charge in [-0.1, -0.05) is 42.1 Å². The fourth-order valence-corrected chi connectivity index (χ4v) is 4.22. The molecule has 1 saturated heterocycles. The van der Waals surface area contributed by atoms with Crippen molar-refractivity contribution in [2.24, 2.45) is 5.92 Å². The van der Waals surface area contributed by atoms with E-state index in [4.69, 9.17) is 27.9 Å². The highest BCUT2D eigenvalue weighted by Gasteiger charge is 2.42. The number of aliphatic hydroxyl groups excluding tert-OH is 1. The first kappa shape index (κ1) is 14.6. The minimum Gasteiger partial charge on any atom is -0.388 e. The van der Waals surface area contributed by atoms with Gasteiger partial charge in [0.15, 0.2) is 0 Å². The smallest absolute Gasteiger partial charge is 0.0834 e. The number of aliphatic hydroxyl groups is 1. The summed E-state index contributed by atoms with van der Waals surface area (Å²) in [5, 5.41) is 11.8. The van der Waals surface area contributed by atoms with Gasteiger partial charge in [-0.15, -0.1) is 0 Å². The van der Waals surface area contributed by atoms with Crippen molar-refractivity contribution in [1.29, 1.82) is 0 Å². The second-order valence-corrected chi connectivity index (χ2v) is 6.95. The molecule has 2 unspecified atom stereocenters. The Morgan fingerprint density at radius 1 is 1.25 bits per heavy atom. The van der Waals surface area contributed by atoms with Crippen molar-refractivity contribution in [2.75, 3.05) is 6.61 Å². The summed E-state index contributed by atoms with van der Waals surface area (Å²) in [6, 6.07) is 5.33. The lowest BCUT2D eigenvalue weighted by molar-refractivity contribution is -0.113. The molecule has 1 aliphatic heterocycles. The van der Waals surface area contributed by atoms with Crippen LogP contribution in [0.1, 0.15) is 50.2 Å². The Kier molecular flexibility index (Phi) is 4.28. The molecule has 4 heteroatoms. The molecule has 2 nitrogen and oxygen atoms in total. The van der Waals surface area contributed by atoms with Crippen molar-refractivity contribution >= 4 is 23.2 Å². The average Bonchev–Trinajstić information content (AvgIpc) is 2.86. The number of hydrogen-bond donors (Lipinski definition) is 1. The average molecular weight is 315 g/mol. The van der Waals surface area contributed by atoms with E-state index in [0.29, 0.717) is 10.0 Å². The molecule has 20 heavy (non-hydrogen) atoms. The van der Waals surface area contributed by atoms with Crippen molar-refractivity contribution in [3.8, 4) is 0 Å². The molecule has 110 valence electrons. The maximum Gasteiger partial charge on any atom is 0.0834 e. The quantitative estimate of drug-likeness (QED) is 0.852. The normalized spacial score (nSPS) is 26.9. The Hall–Kier alpha value is -0.280. The van der Waals surface area contributed by atoms with Gasteiger partial charge in [0, 0.05) is 16.7 Å². The van der Waals surface area contributed by atoms with E-state index in [1.54, 1.807) is 12.1 Å². The molecule has 1 aromatic rings. The third kappa shape index (κ3) is 2.85. The molecule has 0 bridgehead atoms. The van der Waals surface area contributed by atoms with Gasteiger partial charge in [0.2, 0.25) is 0 Å².